The normalized spacial score (nSPS) is 34.4. The average Bonchev–Trinajstić information content (AvgIpc) is 2.56. The van der Waals surface area contributed by atoms with Gasteiger partial charge in [-0.05, 0) is 0 Å². The summed E-state index contributed by atoms with van der Waals surface area (Å²) in [6.45, 7) is 7.18. The van der Waals surface area contributed by atoms with E-state index in [0.717, 1.165) is 0 Å². The number of hydrogen-bond acceptors (Lipinski definition) is 4. The third-order valence-corrected chi connectivity index (χ3v) is 2.31. The zero-order valence-corrected chi connectivity index (χ0v) is 8.04. The number of rotatable bonds is 5. The lowest BCUT2D eigenvalue weighted by Gasteiger charge is -2.16. The van der Waals surface area contributed by atoms with Gasteiger partial charge in [-0.25, -0.2) is 0 Å². The standard InChI is InChI=1S/C10H12O5/c1-3-6-8(10(12)13)9(14-5-11)7(4-2)15-6/h3-9H,1-2H2,(H,12,13). The third kappa shape index (κ3) is 2.07. The Bertz CT molecular complexity index is 286. The molecule has 1 rings (SSSR count). The smallest absolute Gasteiger partial charge is 0.313 e. The quantitative estimate of drug-likeness (QED) is 0.526. The maximum atomic E-state index is 11.0. The van der Waals surface area contributed by atoms with Crippen molar-refractivity contribution in [2.24, 2.45) is 5.92 Å². The topological polar surface area (TPSA) is 72.8 Å². The average molecular weight is 212 g/mol. The molecule has 4 atom stereocenters. The van der Waals surface area contributed by atoms with Crippen molar-refractivity contribution in [2.45, 2.75) is 18.3 Å². The third-order valence-electron chi connectivity index (χ3n) is 2.31. The lowest BCUT2D eigenvalue weighted by Crippen LogP contribution is -2.35. The second-order valence-electron chi connectivity index (χ2n) is 3.10. The highest BCUT2D eigenvalue weighted by Gasteiger charge is 2.47. The van der Waals surface area contributed by atoms with E-state index in [0.29, 0.717) is 0 Å². The van der Waals surface area contributed by atoms with Crippen molar-refractivity contribution in [3.05, 3.63) is 25.3 Å². The van der Waals surface area contributed by atoms with Crippen LogP contribution < -0.4 is 0 Å². The van der Waals surface area contributed by atoms with Gasteiger partial charge in [-0.1, -0.05) is 12.2 Å². The van der Waals surface area contributed by atoms with E-state index in [1.807, 2.05) is 0 Å². The summed E-state index contributed by atoms with van der Waals surface area (Å²) in [5.41, 5.74) is 0. The summed E-state index contributed by atoms with van der Waals surface area (Å²) in [5.74, 6) is -2.02. The molecule has 1 aliphatic rings. The molecule has 15 heavy (non-hydrogen) atoms. The van der Waals surface area contributed by atoms with Crippen molar-refractivity contribution in [1.82, 2.24) is 0 Å². The van der Waals surface area contributed by atoms with E-state index in [-0.39, 0.29) is 6.47 Å². The molecule has 0 spiro atoms. The first-order chi connectivity index (χ1) is 7.15. The molecule has 0 bridgehead atoms. The lowest BCUT2D eigenvalue weighted by atomic mass is 9.96. The number of ether oxygens (including phenoxy) is 2. The van der Waals surface area contributed by atoms with Gasteiger partial charge in [0.25, 0.3) is 6.47 Å². The van der Waals surface area contributed by atoms with E-state index in [4.69, 9.17) is 14.6 Å². The first-order valence-electron chi connectivity index (χ1n) is 4.38. The van der Waals surface area contributed by atoms with Gasteiger partial charge in [-0.15, -0.1) is 13.2 Å². The van der Waals surface area contributed by atoms with Crippen LogP contribution >= 0.6 is 0 Å². The Labute approximate surface area is 87.0 Å². The van der Waals surface area contributed by atoms with Crippen LogP contribution in [0.3, 0.4) is 0 Å². The molecule has 82 valence electrons. The van der Waals surface area contributed by atoms with Gasteiger partial charge < -0.3 is 14.6 Å². The molecule has 1 fully saturated rings. The van der Waals surface area contributed by atoms with Gasteiger partial charge >= 0.3 is 5.97 Å². The molecular formula is C10H12O5. The van der Waals surface area contributed by atoms with Gasteiger partial charge in [-0.3, -0.25) is 9.59 Å². The van der Waals surface area contributed by atoms with Crippen molar-refractivity contribution in [1.29, 1.82) is 0 Å². The van der Waals surface area contributed by atoms with Crippen molar-refractivity contribution in [2.75, 3.05) is 0 Å². The molecule has 1 saturated heterocycles. The van der Waals surface area contributed by atoms with E-state index in [1.165, 1.54) is 12.2 Å². The van der Waals surface area contributed by atoms with Crippen molar-refractivity contribution in [3.63, 3.8) is 0 Å². The highest BCUT2D eigenvalue weighted by Crippen LogP contribution is 2.30. The second-order valence-corrected chi connectivity index (χ2v) is 3.10. The van der Waals surface area contributed by atoms with E-state index in [9.17, 15) is 9.59 Å². The van der Waals surface area contributed by atoms with Crippen LogP contribution in [0.4, 0.5) is 0 Å². The molecule has 1 aliphatic heterocycles. The Morgan fingerprint density at radius 2 is 1.93 bits per heavy atom. The molecule has 4 unspecified atom stereocenters. The molecule has 1 heterocycles. The molecule has 0 amide bonds. The zero-order valence-electron chi connectivity index (χ0n) is 8.04. The molecule has 5 nitrogen and oxygen atoms in total. The van der Waals surface area contributed by atoms with Crippen LogP contribution in [0.1, 0.15) is 0 Å². The van der Waals surface area contributed by atoms with E-state index in [2.05, 4.69) is 13.2 Å². The molecule has 0 aromatic heterocycles. The number of carbonyl (C=O) groups is 2. The Hall–Kier alpha value is -1.62. The van der Waals surface area contributed by atoms with E-state index < -0.39 is 30.2 Å². The summed E-state index contributed by atoms with van der Waals surface area (Å²) in [6.07, 6.45) is 0.659. The Balaban J connectivity index is 2.93. The fourth-order valence-electron chi connectivity index (χ4n) is 1.63. The highest BCUT2D eigenvalue weighted by molar-refractivity contribution is 5.73. The predicted molar refractivity (Wildman–Crippen MR) is 51.1 cm³/mol. The number of hydrogen-bond donors (Lipinski definition) is 1. The maximum absolute atomic E-state index is 11.0. The summed E-state index contributed by atoms with van der Waals surface area (Å²) < 4.78 is 10.0. The highest BCUT2D eigenvalue weighted by atomic mass is 16.6. The van der Waals surface area contributed by atoms with Gasteiger partial charge in [0.1, 0.15) is 18.1 Å². The minimum absolute atomic E-state index is 0.214. The van der Waals surface area contributed by atoms with Crippen LogP contribution in [-0.4, -0.2) is 35.9 Å². The number of aliphatic carboxylic acids is 1. The molecule has 0 saturated carbocycles. The zero-order chi connectivity index (χ0) is 11.4. The first-order valence-corrected chi connectivity index (χ1v) is 4.38. The van der Waals surface area contributed by atoms with Gasteiger partial charge in [0, 0.05) is 0 Å². The molecule has 0 aromatic carbocycles. The fraction of sp³-hybridized carbons (Fsp3) is 0.400. The molecule has 5 heteroatoms. The lowest BCUT2D eigenvalue weighted by molar-refractivity contribution is -0.149. The van der Waals surface area contributed by atoms with Crippen molar-refractivity contribution < 1.29 is 24.2 Å². The van der Waals surface area contributed by atoms with Crippen molar-refractivity contribution in [3.8, 4) is 0 Å². The molecule has 0 aromatic rings. The summed E-state index contributed by atoms with van der Waals surface area (Å²) in [6, 6.07) is 0. The van der Waals surface area contributed by atoms with Gasteiger partial charge in [0.15, 0.2) is 0 Å². The summed E-state index contributed by atoms with van der Waals surface area (Å²) >= 11 is 0. The van der Waals surface area contributed by atoms with Crippen molar-refractivity contribution >= 4 is 12.4 Å². The minimum atomic E-state index is -1.09. The Kier molecular flexibility index (Phi) is 3.62. The van der Waals surface area contributed by atoms with Gasteiger partial charge in [-0.2, -0.15) is 0 Å². The van der Waals surface area contributed by atoms with Crippen LogP contribution in [0.25, 0.3) is 0 Å². The fourth-order valence-corrected chi connectivity index (χ4v) is 1.63. The van der Waals surface area contributed by atoms with Gasteiger partial charge in [0.05, 0.1) is 6.10 Å². The van der Waals surface area contributed by atoms with Crippen LogP contribution in [-0.2, 0) is 19.1 Å². The van der Waals surface area contributed by atoms with Crippen LogP contribution in [0.15, 0.2) is 25.3 Å². The molecular weight excluding hydrogens is 200 g/mol. The summed E-state index contributed by atoms with van der Waals surface area (Å²) in [5, 5.41) is 8.97. The molecule has 0 radical (unpaired) electrons. The predicted octanol–water partition coefficient (Wildman–Crippen LogP) is 0.368. The maximum Gasteiger partial charge on any atom is 0.313 e. The van der Waals surface area contributed by atoms with Crippen LogP contribution in [0, 0.1) is 5.92 Å². The number of carboxylic acids is 1. The summed E-state index contributed by atoms with van der Waals surface area (Å²) in [7, 11) is 0. The molecule has 1 N–H and O–H groups in total. The minimum Gasteiger partial charge on any atom is -0.481 e. The van der Waals surface area contributed by atoms with Crippen LogP contribution in [0.2, 0.25) is 0 Å². The van der Waals surface area contributed by atoms with Gasteiger partial charge in [0.2, 0.25) is 0 Å². The Morgan fingerprint density at radius 3 is 2.33 bits per heavy atom. The van der Waals surface area contributed by atoms with Crippen LogP contribution in [0.5, 0.6) is 0 Å². The number of carboxylic acid groups (broad SMARTS) is 1. The second kappa shape index (κ2) is 4.75. The summed E-state index contributed by atoms with van der Waals surface area (Å²) in [4.78, 5) is 21.2. The SMILES string of the molecule is C=CC1OC(C=C)C(C(=O)O)C1OC=O. The van der Waals surface area contributed by atoms with E-state index in [1.54, 1.807) is 0 Å². The van der Waals surface area contributed by atoms with E-state index >= 15 is 0 Å². The number of carbonyl (C=O) groups excluding carboxylic acids is 1. The first kappa shape index (κ1) is 11.5. The largest absolute Gasteiger partial charge is 0.481 e. The Morgan fingerprint density at radius 1 is 1.33 bits per heavy atom. The molecule has 0 aliphatic carbocycles. The monoisotopic (exact) mass is 212 g/mol.